The molecule has 1 amide bonds. The summed E-state index contributed by atoms with van der Waals surface area (Å²) in [5.74, 6) is -2.38. The van der Waals surface area contributed by atoms with E-state index in [0.717, 1.165) is 70.6 Å². The number of allylic oxidation sites excluding steroid dienone is 8. The lowest BCUT2D eigenvalue weighted by molar-refractivity contribution is -0.147. The molecule has 0 fully saturated rings. The Kier molecular flexibility index (Phi) is 42.2. The lowest BCUT2D eigenvalue weighted by Gasteiger charge is -2.18. The Morgan fingerprint density at radius 3 is 1.38 bits per heavy atom. The zero-order valence-electron chi connectivity index (χ0n) is 38.5. The fourth-order valence-electron chi connectivity index (χ4n) is 6.59. The highest BCUT2D eigenvalue weighted by molar-refractivity contribution is 7.47. The van der Waals surface area contributed by atoms with Crippen molar-refractivity contribution >= 4 is 25.7 Å². The van der Waals surface area contributed by atoms with Gasteiger partial charge >= 0.3 is 19.8 Å². The number of nitrogens with one attached hydrogen (secondary N) is 1. The molecule has 0 aliphatic rings. The minimum Gasteiger partial charge on any atom is -0.480 e. The number of phosphoric ester groups is 1. The quantitative estimate of drug-likeness (QED) is 0.0200. The van der Waals surface area contributed by atoms with Gasteiger partial charge in [0.05, 0.1) is 13.2 Å². The van der Waals surface area contributed by atoms with E-state index in [-0.39, 0.29) is 12.8 Å². The molecular formula is C49H88NO10P. The van der Waals surface area contributed by atoms with E-state index in [1.807, 2.05) is 0 Å². The van der Waals surface area contributed by atoms with Crippen LogP contribution in [0.5, 0.6) is 0 Å². The number of esters is 1. The molecule has 0 radical (unpaired) electrons. The number of carbonyl (C=O) groups is 3. The maximum atomic E-state index is 12.3. The summed E-state index contributed by atoms with van der Waals surface area (Å²) in [6.07, 6.45) is 49.8. The normalized spacial score (nSPS) is 14.0. The van der Waals surface area contributed by atoms with Gasteiger partial charge in [-0.15, -0.1) is 0 Å². The number of ether oxygens (including phenoxy) is 1. The molecule has 0 saturated carbocycles. The summed E-state index contributed by atoms with van der Waals surface area (Å²) < 4.78 is 26.9. The largest absolute Gasteiger partial charge is 0.480 e. The summed E-state index contributed by atoms with van der Waals surface area (Å²) in [5.41, 5.74) is 0. The van der Waals surface area contributed by atoms with Crippen LogP contribution >= 0.6 is 7.82 Å². The van der Waals surface area contributed by atoms with Crippen LogP contribution in [0.25, 0.3) is 0 Å². The number of aliphatic carboxylic acids is 1. The molecule has 0 heterocycles. The Labute approximate surface area is 371 Å². The molecule has 0 aromatic rings. The maximum Gasteiger partial charge on any atom is 0.472 e. The molecule has 3 atom stereocenters. The molecule has 0 spiro atoms. The number of aliphatic hydroxyl groups excluding tert-OH is 1. The van der Waals surface area contributed by atoms with Crippen molar-refractivity contribution in [2.24, 2.45) is 0 Å². The van der Waals surface area contributed by atoms with Gasteiger partial charge in [0.2, 0.25) is 5.91 Å². The van der Waals surface area contributed by atoms with Crippen LogP contribution in [0, 0.1) is 0 Å². The Morgan fingerprint density at radius 2 is 0.902 bits per heavy atom. The summed E-state index contributed by atoms with van der Waals surface area (Å²) in [7, 11) is -4.76. The third-order valence-corrected chi connectivity index (χ3v) is 11.3. The second-order valence-corrected chi connectivity index (χ2v) is 17.8. The molecule has 0 aliphatic carbocycles. The van der Waals surface area contributed by atoms with Gasteiger partial charge in [-0.1, -0.05) is 191 Å². The van der Waals surface area contributed by atoms with Crippen molar-refractivity contribution in [1.82, 2.24) is 5.32 Å². The maximum absolute atomic E-state index is 12.3. The third kappa shape index (κ3) is 43.9. The number of aliphatic hydroxyl groups is 1. The molecule has 12 heteroatoms. The van der Waals surface area contributed by atoms with Crippen molar-refractivity contribution in [3.8, 4) is 0 Å². The van der Waals surface area contributed by atoms with E-state index in [0.29, 0.717) is 12.8 Å². The standard InChI is InChI=1S/C49H88NO10P/c1-3-5-7-9-11-13-15-17-19-20-21-22-23-24-25-26-27-29-31-33-35-37-39-41-48(53)58-42-45(51)43-59-61(56,57)60-44-46(49(54)55)50-47(52)40-38-36-34-32-30-28-18-16-14-12-10-8-6-4-2/h11,13,17,19,21-22,24-25,45-46,51H,3-10,12,14-16,18,20,23,26-44H2,1-2H3,(H,50,52)(H,54,55)(H,56,57)/b13-11-,19-17-,22-21-,25-24-. The summed E-state index contributed by atoms with van der Waals surface area (Å²) >= 11 is 0. The van der Waals surface area contributed by atoms with E-state index < -0.39 is 57.6 Å². The zero-order chi connectivity index (χ0) is 44.9. The highest BCUT2D eigenvalue weighted by Crippen LogP contribution is 2.43. The van der Waals surface area contributed by atoms with Gasteiger partial charge in [-0.25, -0.2) is 9.36 Å². The fraction of sp³-hybridized carbons (Fsp3) is 0.776. The first-order valence-corrected chi connectivity index (χ1v) is 25.7. The number of phosphoric acid groups is 1. The molecule has 0 saturated heterocycles. The van der Waals surface area contributed by atoms with Crippen LogP contribution < -0.4 is 5.32 Å². The number of carboxylic acid groups (broad SMARTS) is 1. The highest BCUT2D eigenvalue weighted by atomic mass is 31.2. The Morgan fingerprint density at radius 1 is 0.525 bits per heavy atom. The van der Waals surface area contributed by atoms with Crippen molar-refractivity contribution in [2.75, 3.05) is 19.8 Å². The average Bonchev–Trinajstić information content (AvgIpc) is 3.24. The molecule has 354 valence electrons. The number of carbonyl (C=O) groups excluding carboxylic acids is 2. The van der Waals surface area contributed by atoms with Crippen molar-refractivity contribution in [2.45, 2.75) is 225 Å². The summed E-state index contributed by atoms with van der Waals surface area (Å²) in [4.78, 5) is 46.0. The first-order valence-electron chi connectivity index (χ1n) is 24.2. The molecule has 0 aromatic heterocycles. The average molecular weight is 882 g/mol. The second kappa shape index (κ2) is 44.1. The van der Waals surface area contributed by atoms with E-state index in [2.05, 4.69) is 67.8 Å². The third-order valence-electron chi connectivity index (χ3n) is 10.4. The number of hydrogen-bond donors (Lipinski definition) is 4. The van der Waals surface area contributed by atoms with Crippen molar-refractivity contribution in [1.29, 1.82) is 0 Å². The molecule has 0 bridgehead atoms. The minimum atomic E-state index is -4.76. The number of hydrogen-bond acceptors (Lipinski definition) is 8. The van der Waals surface area contributed by atoms with E-state index in [1.54, 1.807) is 0 Å². The predicted octanol–water partition coefficient (Wildman–Crippen LogP) is 13.0. The van der Waals surface area contributed by atoms with E-state index in [1.165, 1.54) is 103 Å². The van der Waals surface area contributed by atoms with Crippen LogP contribution in [0.2, 0.25) is 0 Å². The first-order chi connectivity index (χ1) is 29.6. The van der Waals surface area contributed by atoms with Crippen LogP contribution in [0.3, 0.4) is 0 Å². The van der Waals surface area contributed by atoms with Gasteiger partial charge in [-0.3, -0.25) is 18.6 Å². The van der Waals surface area contributed by atoms with Crippen LogP contribution in [0.1, 0.15) is 213 Å². The molecule has 0 rings (SSSR count). The number of amides is 1. The van der Waals surface area contributed by atoms with Gasteiger partial charge in [0.25, 0.3) is 0 Å². The fourth-order valence-corrected chi connectivity index (χ4v) is 7.37. The topological polar surface area (TPSA) is 169 Å². The minimum absolute atomic E-state index is 0.147. The van der Waals surface area contributed by atoms with Gasteiger partial charge < -0.3 is 25.2 Å². The van der Waals surface area contributed by atoms with Crippen LogP contribution in [0.4, 0.5) is 0 Å². The molecule has 61 heavy (non-hydrogen) atoms. The second-order valence-electron chi connectivity index (χ2n) is 16.3. The van der Waals surface area contributed by atoms with Crippen LogP contribution in [0.15, 0.2) is 48.6 Å². The summed E-state index contributed by atoms with van der Waals surface area (Å²) in [6, 6.07) is -1.55. The van der Waals surface area contributed by atoms with Crippen molar-refractivity contribution in [3.63, 3.8) is 0 Å². The Hall–Kier alpha value is -2.56. The van der Waals surface area contributed by atoms with Gasteiger partial charge in [0.1, 0.15) is 12.7 Å². The Balaban J connectivity index is 3.86. The number of carboxylic acids is 1. The van der Waals surface area contributed by atoms with Crippen molar-refractivity contribution < 1.29 is 47.8 Å². The number of unbranched alkanes of at least 4 members (excludes halogenated alkanes) is 23. The smallest absolute Gasteiger partial charge is 0.472 e. The van der Waals surface area contributed by atoms with E-state index in [4.69, 9.17) is 13.8 Å². The van der Waals surface area contributed by atoms with Gasteiger partial charge in [-0.2, -0.15) is 0 Å². The molecule has 0 aliphatic heterocycles. The van der Waals surface area contributed by atoms with Crippen molar-refractivity contribution in [3.05, 3.63) is 48.6 Å². The lowest BCUT2D eigenvalue weighted by Crippen LogP contribution is -2.43. The van der Waals surface area contributed by atoms with Crippen LogP contribution in [-0.2, 0) is 32.7 Å². The molecule has 4 N–H and O–H groups in total. The SMILES string of the molecule is CCCCC/C=C\C/C=C\C/C=C\C/C=C\CCCCCCCCCC(=O)OCC(O)COP(=O)(O)OCC(NC(=O)CCCCCCCCCCCCCCCC)C(=O)O. The molecular weight excluding hydrogens is 794 g/mol. The predicted molar refractivity (Wildman–Crippen MR) is 249 cm³/mol. The van der Waals surface area contributed by atoms with Gasteiger partial charge in [0, 0.05) is 12.8 Å². The molecule has 11 nitrogen and oxygen atoms in total. The molecule has 0 aromatic carbocycles. The summed E-state index contributed by atoms with van der Waals surface area (Å²) in [5, 5.41) is 21.9. The number of rotatable bonds is 45. The van der Waals surface area contributed by atoms with Crippen LogP contribution in [-0.4, -0.2) is 64.9 Å². The highest BCUT2D eigenvalue weighted by Gasteiger charge is 2.28. The lowest BCUT2D eigenvalue weighted by atomic mass is 10.0. The van der Waals surface area contributed by atoms with E-state index in [9.17, 15) is 34.1 Å². The van der Waals surface area contributed by atoms with E-state index >= 15 is 0 Å². The zero-order valence-corrected chi connectivity index (χ0v) is 39.4. The van der Waals surface area contributed by atoms with Gasteiger partial charge in [0.15, 0.2) is 6.04 Å². The summed E-state index contributed by atoms with van der Waals surface area (Å²) in [6.45, 7) is 2.57. The Bertz CT molecular complexity index is 1220. The monoisotopic (exact) mass is 882 g/mol. The molecule has 3 unspecified atom stereocenters. The van der Waals surface area contributed by atoms with Gasteiger partial charge in [-0.05, 0) is 57.8 Å². The first kappa shape index (κ1) is 58.4.